The van der Waals surface area contributed by atoms with Gasteiger partial charge in [-0.25, -0.2) is 0 Å². The van der Waals surface area contributed by atoms with Crippen LogP contribution in [-0.2, 0) is 0 Å². The van der Waals surface area contributed by atoms with Gasteiger partial charge in [-0.1, -0.05) is 23.2 Å². The minimum atomic E-state index is 0.107. The summed E-state index contributed by atoms with van der Waals surface area (Å²) in [6, 6.07) is 2.32. The van der Waals surface area contributed by atoms with Crippen LogP contribution in [0.4, 0.5) is 0 Å². The van der Waals surface area contributed by atoms with Crippen LogP contribution in [0.2, 0.25) is 8.67 Å². The lowest BCUT2D eigenvalue weighted by molar-refractivity contribution is 0.0921. The van der Waals surface area contributed by atoms with Gasteiger partial charge in [0.1, 0.15) is 4.34 Å². The van der Waals surface area contributed by atoms with Crippen molar-refractivity contribution in [3.8, 4) is 0 Å². The number of hydrogen-bond acceptors (Lipinski definition) is 3. The van der Waals surface area contributed by atoms with E-state index in [9.17, 15) is 4.79 Å². The number of Topliss-reactive ketones (excluding diaryl/α,β-unsaturated/α-hetero) is 1. The molecule has 98 valence electrons. The lowest BCUT2D eigenvalue weighted by Gasteiger charge is -2.20. The van der Waals surface area contributed by atoms with Crippen LogP contribution in [-0.4, -0.2) is 29.8 Å². The van der Waals surface area contributed by atoms with Crippen LogP contribution in [0.1, 0.15) is 36.0 Å². The minimum absolute atomic E-state index is 0.107. The first-order valence-electron chi connectivity index (χ1n) is 6.35. The summed E-state index contributed by atoms with van der Waals surface area (Å²) in [7, 11) is 0. The number of hydrogen-bond donors (Lipinski definition) is 0. The van der Waals surface area contributed by atoms with Crippen molar-refractivity contribution in [3.05, 3.63) is 20.3 Å². The molecule has 2 aliphatic rings. The highest BCUT2D eigenvalue weighted by molar-refractivity contribution is 7.20. The molecule has 18 heavy (non-hydrogen) atoms. The molecule has 0 radical (unpaired) electrons. The first-order chi connectivity index (χ1) is 8.63. The van der Waals surface area contributed by atoms with Crippen molar-refractivity contribution in [3.63, 3.8) is 0 Å². The Labute approximate surface area is 121 Å². The van der Waals surface area contributed by atoms with E-state index in [1.807, 2.05) is 0 Å². The van der Waals surface area contributed by atoms with Gasteiger partial charge in [-0.05, 0) is 37.7 Å². The summed E-state index contributed by atoms with van der Waals surface area (Å²) in [5.74, 6) is 0.927. The Morgan fingerprint density at radius 2 is 2.06 bits per heavy atom. The van der Waals surface area contributed by atoms with Gasteiger partial charge in [0.05, 0.1) is 16.4 Å². The van der Waals surface area contributed by atoms with Gasteiger partial charge < -0.3 is 0 Å². The molecule has 0 unspecified atom stereocenters. The van der Waals surface area contributed by atoms with E-state index in [0.29, 0.717) is 26.8 Å². The van der Waals surface area contributed by atoms with E-state index in [0.717, 1.165) is 12.5 Å². The lowest BCUT2D eigenvalue weighted by atomic mass is 10.2. The van der Waals surface area contributed by atoms with E-state index < -0.39 is 0 Å². The van der Waals surface area contributed by atoms with Crippen molar-refractivity contribution in [2.45, 2.75) is 31.7 Å². The summed E-state index contributed by atoms with van der Waals surface area (Å²) in [5.41, 5.74) is 0.591. The smallest absolute Gasteiger partial charge is 0.179 e. The first-order valence-corrected chi connectivity index (χ1v) is 7.93. The third-order valence-electron chi connectivity index (χ3n) is 3.56. The Morgan fingerprint density at radius 1 is 1.33 bits per heavy atom. The van der Waals surface area contributed by atoms with Gasteiger partial charge in [-0.2, -0.15) is 0 Å². The van der Waals surface area contributed by atoms with E-state index in [2.05, 4.69) is 4.90 Å². The molecule has 0 amide bonds. The molecule has 2 aliphatic carbocycles. The zero-order valence-corrected chi connectivity index (χ0v) is 12.3. The van der Waals surface area contributed by atoms with Crippen molar-refractivity contribution in [1.82, 2.24) is 4.90 Å². The Morgan fingerprint density at radius 3 is 2.56 bits per heavy atom. The first kappa shape index (κ1) is 12.9. The molecule has 0 atom stereocenters. The van der Waals surface area contributed by atoms with E-state index in [1.165, 1.54) is 37.0 Å². The molecule has 0 spiro atoms. The average molecular weight is 304 g/mol. The number of carbonyl (C=O) groups is 1. The molecule has 0 aromatic carbocycles. The fraction of sp³-hybridized carbons (Fsp3) is 0.615. The highest BCUT2D eigenvalue weighted by atomic mass is 35.5. The van der Waals surface area contributed by atoms with Crippen LogP contribution in [0.15, 0.2) is 6.07 Å². The second-order valence-corrected chi connectivity index (χ2v) is 7.55. The third kappa shape index (κ3) is 3.08. The molecule has 0 N–H and O–H groups in total. The summed E-state index contributed by atoms with van der Waals surface area (Å²) >= 11 is 13.2. The van der Waals surface area contributed by atoms with Gasteiger partial charge in [0.15, 0.2) is 5.78 Å². The average Bonchev–Trinajstić information content (AvgIpc) is 3.18. The second kappa shape index (κ2) is 5.12. The largest absolute Gasteiger partial charge is 0.293 e. The Bertz CT molecular complexity index is 466. The molecule has 1 heterocycles. The monoisotopic (exact) mass is 303 g/mol. The molecule has 1 aromatic rings. The highest BCUT2D eigenvalue weighted by Crippen LogP contribution is 2.36. The summed E-state index contributed by atoms with van der Waals surface area (Å²) < 4.78 is 1.11. The van der Waals surface area contributed by atoms with Gasteiger partial charge >= 0.3 is 0 Å². The quantitative estimate of drug-likeness (QED) is 0.737. The Hall–Kier alpha value is -0.0900. The molecule has 1 aromatic heterocycles. The SMILES string of the molecule is O=C(CN(CC1CC1)C1CC1)c1cc(Cl)sc1Cl. The Balaban J connectivity index is 1.65. The summed E-state index contributed by atoms with van der Waals surface area (Å²) in [5, 5.41) is 0. The second-order valence-electron chi connectivity index (χ2n) is 5.27. The van der Waals surface area contributed by atoms with Crippen LogP contribution >= 0.6 is 34.5 Å². The molecule has 2 saturated carbocycles. The normalized spacial score (nSPS) is 19.5. The maximum atomic E-state index is 12.2. The number of thiophene rings is 1. The number of halogens is 2. The van der Waals surface area contributed by atoms with Crippen LogP contribution in [0.3, 0.4) is 0 Å². The Kier molecular flexibility index (Phi) is 3.68. The zero-order chi connectivity index (χ0) is 12.7. The maximum Gasteiger partial charge on any atom is 0.179 e. The van der Waals surface area contributed by atoms with Gasteiger partial charge in [0.25, 0.3) is 0 Å². The zero-order valence-electron chi connectivity index (χ0n) is 9.99. The van der Waals surface area contributed by atoms with E-state index in [4.69, 9.17) is 23.2 Å². The van der Waals surface area contributed by atoms with Gasteiger partial charge in [0, 0.05) is 12.6 Å². The fourth-order valence-corrected chi connectivity index (χ4v) is 3.71. The van der Waals surface area contributed by atoms with E-state index in [-0.39, 0.29) is 5.78 Å². The number of rotatable bonds is 6. The van der Waals surface area contributed by atoms with Crippen molar-refractivity contribution in [1.29, 1.82) is 0 Å². The van der Waals surface area contributed by atoms with Crippen molar-refractivity contribution in [2.24, 2.45) is 5.92 Å². The van der Waals surface area contributed by atoms with Gasteiger partial charge in [0.2, 0.25) is 0 Å². The summed E-state index contributed by atoms with van der Waals surface area (Å²) in [6.45, 7) is 1.57. The molecule has 5 heteroatoms. The number of carbonyl (C=O) groups excluding carboxylic acids is 1. The molecule has 0 saturated heterocycles. The van der Waals surface area contributed by atoms with Crippen LogP contribution < -0.4 is 0 Å². The number of ketones is 1. The fourth-order valence-electron chi connectivity index (χ4n) is 2.21. The minimum Gasteiger partial charge on any atom is -0.293 e. The number of nitrogens with zero attached hydrogens (tertiary/aromatic N) is 1. The predicted molar refractivity (Wildman–Crippen MR) is 76.0 cm³/mol. The third-order valence-corrected chi connectivity index (χ3v) is 5.04. The lowest BCUT2D eigenvalue weighted by Crippen LogP contribution is -2.33. The van der Waals surface area contributed by atoms with Crippen LogP contribution in [0, 0.1) is 5.92 Å². The van der Waals surface area contributed by atoms with Crippen molar-refractivity contribution < 1.29 is 4.79 Å². The molecular weight excluding hydrogens is 289 g/mol. The van der Waals surface area contributed by atoms with Gasteiger partial charge in [-0.3, -0.25) is 9.69 Å². The summed E-state index contributed by atoms with van der Waals surface area (Å²) in [4.78, 5) is 14.6. The van der Waals surface area contributed by atoms with Gasteiger partial charge in [-0.15, -0.1) is 11.3 Å². The van der Waals surface area contributed by atoms with Crippen molar-refractivity contribution in [2.75, 3.05) is 13.1 Å². The molecular formula is C13H15Cl2NOS. The molecule has 3 rings (SSSR count). The molecule has 0 aliphatic heterocycles. The topological polar surface area (TPSA) is 20.3 Å². The summed E-state index contributed by atoms with van der Waals surface area (Å²) in [6.07, 6.45) is 5.11. The van der Waals surface area contributed by atoms with E-state index in [1.54, 1.807) is 6.07 Å². The predicted octanol–water partition coefficient (Wildman–Crippen LogP) is 4.11. The highest BCUT2D eigenvalue weighted by Gasteiger charge is 2.35. The van der Waals surface area contributed by atoms with E-state index >= 15 is 0 Å². The molecule has 2 fully saturated rings. The molecule has 0 bridgehead atoms. The van der Waals surface area contributed by atoms with Crippen LogP contribution in [0.5, 0.6) is 0 Å². The van der Waals surface area contributed by atoms with Crippen LogP contribution in [0.25, 0.3) is 0 Å². The standard InChI is InChI=1S/C13H15Cl2NOS/c14-12-5-10(13(15)18-12)11(17)7-16(9-3-4-9)6-8-1-2-8/h5,8-9H,1-4,6-7H2. The maximum absolute atomic E-state index is 12.2. The molecule has 2 nitrogen and oxygen atoms in total. The van der Waals surface area contributed by atoms with Crippen molar-refractivity contribution >= 4 is 40.3 Å².